The lowest BCUT2D eigenvalue weighted by molar-refractivity contribution is -0.130. The molecule has 3 rings (SSSR count). The topological polar surface area (TPSA) is 66.5 Å². The fraction of sp³-hybridized carbons (Fsp3) is 0.316. The summed E-state index contributed by atoms with van der Waals surface area (Å²) in [6.07, 6.45) is 0.804. The van der Waals surface area contributed by atoms with Gasteiger partial charge in [0.2, 0.25) is 15.9 Å². The third-order valence-electron chi connectivity index (χ3n) is 4.40. The first kappa shape index (κ1) is 17.6. The Morgan fingerprint density at radius 2 is 1.76 bits per heavy atom. The molecule has 0 unspecified atom stereocenters. The van der Waals surface area contributed by atoms with Gasteiger partial charge in [-0.2, -0.15) is 0 Å². The van der Waals surface area contributed by atoms with E-state index < -0.39 is 10.0 Å². The van der Waals surface area contributed by atoms with E-state index in [9.17, 15) is 13.2 Å². The molecule has 0 saturated carbocycles. The van der Waals surface area contributed by atoms with Gasteiger partial charge in [-0.1, -0.05) is 54.1 Å². The van der Waals surface area contributed by atoms with Crippen LogP contribution in [0.1, 0.15) is 22.3 Å². The fourth-order valence-electron chi connectivity index (χ4n) is 2.95. The van der Waals surface area contributed by atoms with Crippen molar-refractivity contribution in [3.8, 4) is 0 Å². The molecular formula is C19H22N2O3S. The second-order valence-corrected chi connectivity index (χ2v) is 8.21. The zero-order chi connectivity index (χ0) is 17.9. The minimum atomic E-state index is -3.54. The van der Waals surface area contributed by atoms with Crippen LogP contribution in [-0.2, 0) is 33.5 Å². The third kappa shape index (κ3) is 4.67. The first-order chi connectivity index (χ1) is 11.9. The predicted molar refractivity (Wildman–Crippen MR) is 97.4 cm³/mol. The average molecular weight is 358 g/mol. The summed E-state index contributed by atoms with van der Waals surface area (Å²) in [7, 11) is -3.54. The second kappa shape index (κ2) is 7.37. The molecule has 2 aromatic rings. The summed E-state index contributed by atoms with van der Waals surface area (Å²) in [6, 6.07) is 15.4. The van der Waals surface area contributed by atoms with E-state index in [1.54, 1.807) is 17.0 Å². The summed E-state index contributed by atoms with van der Waals surface area (Å²) in [5.41, 5.74) is 4.17. The second-order valence-electron chi connectivity index (χ2n) is 6.40. The fourth-order valence-corrected chi connectivity index (χ4v) is 4.02. The smallest absolute Gasteiger partial charge is 0.237 e. The highest BCUT2D eigenvalue weighted by Crippen LogP contribution is 2.18. The van der Waals surface area contributed by atoms with E-state index in [1.807, 2.05) is 37.3 Å². The quantitative estimate of drug-likeness (QED) is 0.889. The van der Waals surface area contributed by atoms with Crippen molar-refractivity contribution in [2.75, 3.05) is 13.1 Å². The Hall–Kier alpha value is -2.18. The van der Waals surface area contributed by atoms with Crippen molar-refractivity contribution in [2.24, 2.45) is 0 Å². The van der Waals surface area contributed by atoms with Crippen molar-refractivity contribution in [3.63, 3.8) is 0 Å². The molecule has 0 fully saturated rings. The molecule has 1 aliphatic heterocycles. The summed E-state index contributed by atoms with van der Waals surface area (Å²) in [6.45, 7) is 2.91. The Morgan fingerprint density at radius 3 is 2.48 bits per heavy atom. The van der Waals surface area contributed by atoms with Gasteiger partial charge in [0.05, 0.1) is 12.3 Å². The van der Waals surface area contributed by atoms with E-state index in [0.717, 1.165) is 17.5 Å². The summed E-state index contributed by atoms with van der Waals surface area (Å²) in [5.74, 6) is -0.314. The highest BCUT2D eigenvalue weighted by Gasteiger charge is 2.22. The minimum Gasteiger partial charge on any atom is -0.337 e. The molecule has 1 heterocycles. The van der Waals surface area contributed by atoms with E-state index >= 15 is 0 Å². The number of hydrogen-bond donors (Lipinski definition) is 1. The van der Waals surface area contributed by atoms with Gasteiger partial charge in [-0.25, -0.2) is 13.1 Å². The van der Waals surface area contributed by atoms with E-state index in [4.69, 9.17) is 0 Å². The number of fused-ring (bicyclic) bond motifs is 1. The SMILES string of the molecule is Cc1ccc(CS(=O)(=O)NCC(=O)N2CCc3ccccc3C2)cc1. The molecule has 0 aliphatic carbocycles. The van der Waals surface area contributed by atoms with Gasteiger partial charge in [-0.05, 0) is 30.0 Å². The van der Waals surface area contributed by atoms with Crippen LogP contribution in [0.25, 0.3) is 0 Å². The lowest BCUT2D eigenvalue weighted by atomic mass is 10.00. The summed E-state index contributed by atoms with van der Waals surface area (Å²) in [4.78, 5) is 14.1. The van der Waals surface area contributed by atoms with Crippen LogP contribution in [0.3, 0.4) is 0 Å². The van der Waals surface area contributed by atoms with Crippen LogP contribution >= 0.6 is 0 Å². The maximum Gasteiger partial charge on any atom is 0.237 e. The van der Waals surface area contributed by atoms with Crippen molar-refractivity contribution in [1.29, 1.82) is 0 Å². The molecule has 1 aliphatic rings. The normalized spacial score (nSPS) is 14.2. The molecule has 0 saturated heterocycles. The van der Waals surface area contributed by atoms with E-state index in [2.05, 4.69) is 10.8 Å². The number of nitrogens with one attached hydrogen (secondary N) is 1. The Kier molecular flexibility index (Phi) is 5.20. The molecule has 5 nitrogen and oxygen atoms in total. The molecule has 0 bridgehead atoms. The first-order valence-electron chi connectivity index (χ1n) is 8.30. The Bertz CT molecular complexity index is 860. The molecule has 2 aromatic carbocycles. The van der Waals surface area contributed by atoms with E-state index in [0.29, 0.717) is 18.7 Å². The minimum absolute atomic E-state index is 0.122. The van der Waals surface area contributed by atoms with E-state index in [1.165, 1.54) is 5.56 Å². The molecule has 0 aromatic heterocycles. The number of sulfonamides is 1. The van der Waals surface area contributed by atoms with Crippen LogP contribution in [0.2, 0.25) is 0 Å². The summed E-state index contributed by atoms with van der Waals surface area (Å²) < 4.78 is 26.8. The van der Waals surface area contributed by atoms with Crippen molar-refractivity contribution in [1.82, 2.24) is 9.62 Å². The average Bonchev–Trinajstić information content (AvgIpc) is 2.61. The monoisotopic (exact) mass is 358 g/mol. The molecule has 6 heteroatoms. The van der Waals surface area contributed by atoms with Gasteiger partial charge in [0.1, 0.15) is 0 Å². The number of rotatable bonds is 5. The van der Waals surface area contributed by atoms with Crippen LogP contribution in [0.5, 0.6) is 0 Å². The van der Waals surface area contributed by atoms with Crippen molar-refractivity contribution in [3.05, 3.63) is 70.8 Å². The van der Waals surface area contributed by atoms with Gasteiger partial charge in [0.25, 0.3) is 0 Å². The third-order valence-corrected chi connectivity index (χ3v) is 5.70. The van der Waals surface area contributed by atoms with Crippen molar-refractivity contribution < 1.29 is 13.2 Å². The van der Waals surface area contributed by atoms with Crippen LogP contribution in [0, 0.1) is 6.92 Å². The number of hydrogen-bond acceptors (Lipinski definition) is 3. The molecule has 1 amide bonds. The number of amides is 1. The molecular weight excluding hydrogens is 336 g/mol. The largest absolute Gasteiger partial charge is 0.337 e. The molecule has 1 N–H and O–H groups in total. The standard InChI is InChI=1S/C19H22N2O3S/c1-15-6-8-16(9-7-15)14-25(23,24)20-12-19(22)21-11-10-17-4-2-3-5-18(17)13-21/h2-9,20H,10-14H2,1H3. The Labute approximate surface area is 148 Å². The van der Waals surface area contributed by atoms with Crippen LogP contribution < -0.4 is 4.72 Å². The number of carbonyl (C=O) groups is 1. The zero-order valence-corrected chi connectivity index (χ0v) is 15.1. The predicted octanol–water partition coefficient (Wildman–Crippen LogP) is 2.00. The number of aryl methyl sites for hydroxylation is 1. The highest BCUT2D eigenvalue weighted by atomic mass is 32.2. The number of nitrogens with zero attached hydrogens (tertiary/aromatic N) is 1. The maximum absolute atomic E-state index is 12.4. The van der Waals surface area contributed by atoms with Crippen LogP contribution in [-0.4, -0.2) is 32.3 Å². The lowest BCUT2D eigenvalue weighted by Gasteiger charge is -2.29. The summed E-state index contributed by atoms with van der Waals surface area (Å²) in [5, 5.41) is 0. The molecule has 0 spiro atoms. The molecule has 132 valence electrons. The van der Waals surface area contributed by atoms with Gasteiger partial charge >= 0.3 is 0 Å². The van der Waals surface area contributed by atoms with Gasteiger partial charge in [-0.3, -0.25) is 4.79 Å². The number of benzene rings is 2. The van der Waals surface area contributed by atoms with Crippen molar-refractivity contribution >= 4 is 15.9 Å². The van der Waals surface area contributed by atoms with Crippen LogP contribution in [0.4, 0.5) is 0 Å². The van der Waals surface area contributed by atoms with Crippen LogP contribution in [0.15, 0.2) is 48.5 Å². The molecule has 25 heavy (non-hydrogen) atoms. The van der Waals surface area contributed by atoms with Gasteiger partial charge < -0.3 is 4.90 Å². The molecule has 0 radical (unpaired) electrons. The van der Waals surface area contributed by atoms with Gasteiger partial charge in [-0.15, -0.1) is 0 Å². The Morgan fingerprint density at radius 1 is 1.08 bits per heavy atom. The maximum atomic E-state index is 12.4. The van der Waals surface area contributed by atoms with Gasteiger partial charge in [0, 0.05) is 13.1 Å². The van der Waals surface area contributed by atoms with Gasteiger partial charge in [0.15, 0.2) is 0 Å². The zero-order valence-electron chi connectivity index (χ0n) is 14.2. The number of carbonyl (C=O) groups excluding carboxylic acids is 1. The molecule has 0 atom stereocenters. The van der Waals surface area contributed by atoms with E-state index in [-0.39, 0.29) is 18.2 Å². The first-order valence-corrected chi connectivity index (χ1v) is 9.96. The summed E-state index contributed by atoms with van der Waals surface area (Å²) >= 11 is 0. The highest BCUT2D eigenvalue weighted by molar-refractivity contribution is 7.88. The lowest BCUT2D eigenvalue weighted by Crippen LogP contribution is -2.42. The Balaban J connectivity index is 1.56. The van der Waals surface area contributed by atoms with Crippen molar-refractivity contribution in [2.45, 2.75) is 25.6 Å².